The molecule has 4 aromatic rings. The van der Waals surface area contributed by atoms with Gasteiger partial charge in [0.2, 0.25) is 0 Å². The number of ketones is 1. The molecule has 5 nitrogen and oxygen atoms in total. The highest BCUT2D eigenvalue weighted by atomic mass is 32.1. The molecule has 2 aromatic carbocycles. The van der Waals surface area contributed by atoms with Gasteiger partial charge < -0.3 is 4.90 Å². The Labute approximate surface area is 209 Å². The average Bonchev–Trinajstić information content (AvgIpc) is 3.29. The van der Waals surface area contributed by atoms with E-state index in [0.717, 1.165) is 39.2 Å². The maximum Gasteiger partial charge on any atom is 0.274 e. The molecule has 6 heteroatoms. The molecule has 1 fully saturated rings. The van der Waals surface area contributed by atoms with Gasteiger partial charge in [-0.1, -0.05) is 55.5 Å². The van der Waals surface area contributed by atoms with Gasteiger partial charge in [0.25, 0.3) is 5.91 Å². The lowest BCUT2D eigenvalue weighted by Crippen LogP contribution is -2.48. The first-order valence-corrected chi connectivity index (χ1v) is 13.1. The van der Waals surface area contributed by atoms with Gasteiger partial charge in [-0.05, 0) is 49.8 Å². The van der Waals surface area contributed by atoms with E-state index in [-0.39, 0.29) is 17.7 Å². The quantitative estimate of drug-likeness (QED) is 0.291. The Morgan fingerprint density at radius 1 is 1.06 bits per heavy atom. The molecular weight excluding hydrogens is 454 g/mol. The molecule has 0 saturated carbocycles. The van der Waals surface area contributed by atoms with E-state index >= 15 is 0 Å². The van der Waals surface area contributed by atoms with E-state index < -0.39 is 0 Å². The summed E-state index contributed by atoms with van der Waals surface area (Å²) >= 11 is 1.56. The maximum atomic E-state index is 13.8. The molecule has 2 aromatic heterocycles. The molecular formula is C29H29N3O2S. The third-order valence-corrected chi connectivity index (χ3v) is 7.97. The molecule has 178 valence electrons. The summed E-state index contributed by atoms with van der Waals surface area (Å²) in [6.45, 7) is 4.84. The predicted molar refractivity (Wildman–Crippen MR) is 141 cm³/mol. The van der Waals surface area contributed by atoms with Crippen molar-refractivity contribution in [3.63, 3.8) is 0 Å². The summed E-state index contributed by atoms with van der Waals surface area (Å²) in [5, 5.41) is 1.85. The fraction of sp³-hybridized carbons (Fsp3) is 0.310. The second-order valence-electron chi connectivity index (χ2n) is 9.30. The number of rotatable bonds is 6. The van der Waals surface area contributed by atoms with Crippen molar-refractivity contribution in [2.45, 2.75) is 45.6 Å². The topological polar surface area (TPSA) is 63.2 Å². The monoisotopic (exact) mass is 483 g/mol. The largest absolute Gasteiger partial charge is 0.334 e. The van der Waals surface area contributed by atoms with Gasteiger partial charge >= 0.3 is 0 Å². The van der Waals surface area contributed by atoms with Gasteiger partial charge in [-0.2, -0.15) is 0 Å². The third-order valence-electron chi connectivity index (χ3n) is 6.95. The van der Waals surface area contributed by atoms with Gasteiger partial charge in [-0.3, -0.25) is 14.6 Å². The molecule has 2 atom stereocenters. The van der Waals surface area contributed by atoms with Crippen LogP contribution < -0.4 is 0 Å². The summed E-state index contributed by atoms with van der Waals surface area (Å²) in [6, 6.07) is 19.6. The molecule has 3 heterocycles. The first kappa shape index (κ1) is 23.4. The van der Waals surface area contributed by atoms with Gasteiger partial charge in [0.1, 0.15) is 5.69 Å². The van der Waals surface area contributed by atoms with Crippen LogP contribution in [0.5, 0.6) is 0 Å². The van der Waals surface area contributed by atoms with E-state index in [2.05, 4.69) is 16.9 Å². The van der Waals surface area contributed by atoms with Crippen molar-refractivity contribution in [1.82, 2.24) is 14.9 Å². The number of fused-ring (bicyclic) bond motifs is 1. The van der Waals surface area contributed by atoms with Gasteiger partial charge in [0, 0.05) is 36.2 Å². The number of hydrogen-bond donors (Lipinski definition) is 0. The molecule has 0 aliphatic carbocycles. The lowest BCUT2D eigenvalue weighted by molar-refractivity contribution is 0.0484. The maximum absolute atomic E-state index is 13.8. The van der Waals surface area contributed by atoms with Gasteiger partial charge in [0.15, 0.2) is 5.78 Å². The minimum absolute atomic E-state index is 0.00812. The number of Topliss-reactive ketones (excluding diaryl/α,β-unsaturated/α-hetero) is 1. The van der Waals surface area contributed by atoms with Crippen LogP contribution in [0.25, 0.3) is 21.3 Å². The number of piperidine rings is 1. The van der Waals surface area contributed by atoms with Crippen LogP contribution in [0.3, 0.4) is 0 Å². The molecule has 1 aliphatic heterocycles. The summed E-state index contributed by atoms with van der Waals surface area (Å²) in [6.07, 6.45) is 4.77. The van der Waals surface area contributed by atoms with E-state index in [0.29, 0.717) is 36.6 Å². The fourth-order valence-corrected chi connectivity index (χ4v) is 6.09. The van der Waals surface area contributed by atoms with E-state index in [9.17, 15) is 9.59 Å². The number of para-hydroxylation sites is 1. The normalized spacial score (nSPS) is 18.1. The van der Waals surface area contributed by atoms with Crippen LogP contribution in [0.4, 0.5) is 0 Å². The van der Waals surface area contributed by atoms with E-state index in [4.69, 9.17) is 0 Å². The molecule has 35 heavy (non-hydrogen) atoms. The number of hydrogen-bond acceptors (Lipinski definition) is 5. The zero-order valence-electron chi connectivity index (χ0n) is 20.1. The van der Waals surface area contributed by atoms with Crippen LogP contribution >= 0.6 is 11.3 Å². The number of carbonyl (C=O) groups excluding carboxylic acids is 2. The molecule has 5 rings (SSSR count). The molecule has 1 saturated heterocycles. The summed E-state index contributed by atoms with van der Waals surface area (Å²) < 4.78 is 0. The fourth-order valence-electron chi connectivity index (χ4n) is 5.18. The van der Waals surface area contributed by atoms with E-state index in [1.165, 1.54) is 0 Å². The Morgan fingerprint density at radius 3 is 2.69 bits per heavy atom. The Balaban J connectivity index is 1.38. The zero-order chi connectivity index (χ0) is 24.4. The van der Waals surface area contributed by atoms with Crippen LogP contribution in [0.2, 0.25) is 0 Å². The molecule has 1 aliphatic rings. The summed E-state index contributed by atoms with van der Waals surface area (Å²) in [5.74, 6) is 0.379. The Morgan fingerprint density at radius 2 is 1.86 bits per heavy atom. The number of amides is 1. The van der Waals surface area contributed by atoms with Crippen molar-refractivity contribution < 1.29 is 9.59 Å². The van der Waals surface area contributed by atoms with Crippen molar-refractivity contribution >= 4 is 33.9 Å². The molecule has 0 bridgehead atoms. The van der Waals surface area contributed by atoms with Crippen molar-refractivity contribution in [1.29, 1.82) is 0 Å². The number of benzene rings is 2. The SMILES string of the molecule is Cc1nc(C(=O)N2CCC[C@H](C)[C@H]2CCC(=O)c2cccc3cccnc23)c(-c2ccccc2)s1. The minimum atomic E-state index is -0.0240. The number of aromatic nitrogens is 2. The minimum Gasteiger partial charge on any atom is -0.334 e. The molecule has 0 unspecified atom stereocenters. The molecule has 0 radical (unpaired) electrons. The van der Waals surface area contributed by atoms with E-state index in [1.807, 2.05) is 72.5 Å². The first-order valence-electron chi connectivity index (χ1n) is 12.2. The Bertz CT molecular complexity index is 1360. The van der Waals surface area contributed by atoms with Crippen LogP contribution in [0.1, 0.15) is 58.5 Å². The first-order chi connectivity index (χ1) is 17.0. The third kappa shape index (κ3) is 4.76. The van der Waals surface area contributed by atoms with Crippen molar-refractivity contribution in [3.05, 3.63) is 83.1 Å². The number of carbonyl (C=O) groups is 2. The molecule has 0 spiro atoms. The van der Waals surface area contributed by atoms with Gasteiger partial charge in [0.05, 0.1) is 15.4 Å². The average molecular weight is 484 g/mol. The van der Waals surface area contributed by atoms with Crippen LogP contribution in [0, 0.1) is 12.8 Å². The second-order valence-corrected chi connectivity index (χ2v) is 10.5. The highest BCUT2D eigenvalue weighted by Crippen LogP contribution is 2.34. The number of thiazole rings is 1. The number of likely N-dealkylation sites (tertiary alicyclic amines) is 1. The lowest BCUT2D eigenvalue weighted by Gasteiger charge is -2.40. The van der Waals surface area contributed by atoms with E-state index in [1.54, 1.807) is 17.5 Å². The van der Waals surface area contributed by atoms with Crippen LogP contribution in [-0.4, -0.2) is 39.1 Å². The van der Waals surface area contributed by atoms with Crippen molar-refractivity contribution in [3.8, 4) is 10.4 Å². The smallest absolute Gasteiger partial charge is 0.274 e. The number of pyridine rings is 1. The van der Waals surface area contributed by atoms with Crippen molar-refractivity contribution in [2.75, 3.05) is 6.54 Å². The summed E-state index contributed by atoms with van der Waals surface area (Å²) in [4.78, 5) is 39.1. The highest BCUT2D eigenvalue weighted by Gasteiger charge is 2.35. The second kappa shape index (κ2) is 10.1. The summed E-state index contributed by atoms with van der Waals surface area (Å²) in [5.41, 5.74) is 2.95. The predicted octanol–water partition coefficient (Wildman–Crippen LogP) is 6.57. The Hall–Kier alpha value is -3.38. The molecule has 1 amide bonds. The zero-order valence-corrected chi connectivity index (χ0v) is 20.9. The lowest BCUT2D eigenvalue weighted by atomic mass is 9.86. The standard InChI is InChI=1S/C29H29N3O2S/c1-19-9-8-18-32(29(34)27-28(35-20(2)31-27)22-10-4-3-5-11-22)24(19)15-16-25(33)23-14-6-12-21-13-7-17-30-26(21)23/h3-7,10-14,17,19,24H,8-9,15-16,18H2,1-2H3/t19-,24+/m0/s1. The summed E-state index contributed by atoms with van der Waals surface area (Å²) in [7, 11) is 0. The van der Waals surface area contributed by atoms with Crippen LogP contribution in [-0.2, 0) is 0 Å². The van der Waals surface area contributed by atoms with Gasteiger partial charge in [-0.25, -0.2) is 4.98 Å². The highest BCUT2D eigenvalue weighted by molar-refractivity contribution is 7.15. The Kier molecular flexibility index (Phi) is 6.73. The number of aryl methyl sites for hydroxylation is 1. The molecule has 0 N–H and O–H groups in total. The van der Waals surface area contributed by atoms with Crippen molar-refractivity contribution in [2.24, 2.45) is 5.92 Å². The van der Waals surface area contributed by atoms with Gasteiger partial charge in [-0.15, -0.1) is 11.3 Å². The van der Waals surface area contributed by atoms with Crippen LogP contribution in [0.15, 0.2) is 66.9 Å². The number of nitrogens with zero attached hydrogens (tertiary/aromatic N) is 3.